The number of hydrogen-bond donors (Lipinski definition) is 1. The van der Waals surface area contributed by atoms with E-state index in [2.05, 4.69) is 17.1 Å². The molecule has 0 saturated heterocycles. The Hall–Kier alpha value is -1.27. The molecule has 30 heavy (non-hydrogen) atoms. The molecule has 8 atom stereocenters. The van der Waals surface area contributed by atoms with Crippen LogP contribution in [0.1, 0.15) is 64.7 Å². The highest BCUT2D eigenvalue weighted by Crippen LogP contribution is 2.64. The number of ketones is 1. The van der Waals surface area contributed by atoms with Crippen molar-refractivity contribution in [2.75, 3.05) is 13.7 Å². The first-order valence-electron chi connectivity index (χ1n) is 12.0. The molecule has 6 nitrogen and oxygen atoms in total. The molecule has 0 aromatic carbocycles. The van der Waals surface area contributed by atoms with Gasteiger partial charge in [-0.3, -0.25) is 4.79 Å². The second-order valence-electron chi connectivity index (χ2n) is 11.0. The maximum absolute atomic E-state index is 13.2. The van der Waals surface area contributed by atoms with E-state index < -0.39 is 5.60 Å². The van der Waals surface area contributed by atoms with Crippen molar-refractivity contribution in [2.24, 2.45) is 40.9 Å². The molecule has 4 fully saturated rings. The number of aliphatic hydroxyl groups is 1. The van der Waals surface area contributed by atoms with Gasteiger partial charge in [0.1, 0.15) is 6.54 Å². The molecule has 5 rings (SSSR count). The fourth-order valence-electron chi connectivity index (χ4n) is 8.47. The third-order valence-electron chi connectivity index (χ3n) is 9.67. The van der Waals surface area contributed by atoms with Crippen molar-refractivity contribution in [2.45, 2.75) is 76.9 Å². The number of rotatable bonds is 5. The maximum atomic E-state index is 13.2. The normalized spacial score (nSPS) is 45.4. The Bertz CT molecular complexity index is 768. The number of carbonyl (C=O) groups excluding carboxylic acids is 1. The van der Waals surface area contributed by atoms with E-state index in [1.54, 1.807) is 24.3 Å². The first kappa shape index (κ1) is 20.6. The largest absolute Gasteiger partial charge is 0.387 e. The van der Waals surface area contributed by atoms with Crippen LogP contribution >= 0.6 is 0 Å². The van der Waals surface area contributed by atoms with Crippen molar-refractivity contribution in [3.8, 4) is 0 Å². The van der Waals surface area contributed by atoms with Crippen LogP contribution in [0.25, 0.3) is 0 Å². The summed E-state index contributed by atoms with van der Waals surface area (Å²) < 4.78 is 5.32. The summed E-state index contributed by atoms with van der Waals surface area (Å²) >= 11 is 0. The zero-order valence-corrected chi connectivity index (χ0v) is 18.5. The van der Waals surface area contributed by atoms with E-state index in [0.717, 1.165) is 43.4 Å². The molecule has 4 saturated carbocycles. The van der Waals surface area contributed by atoms with E-state index in [-0.39, 0.29) is 11.3 Å². The van der Waals surface area contributed by atoms with Crippen LogP contribution in [0, 0.1) is 40.9 Å². The summed E-state index contributed by atoms with van der Waals surface area (Å²) in [5.41, 5.74) is -0.471. The summed E-state index contributed by atoms with van der Waals surface area (Å²) in [5, 5.41) is 19.2. The van der Waals surface area contributed by atoms with Gasteiger partial charge in [0.05, 0.1) is 24.6 Å². The van der Waals surface area contributed by atoms with Gasteiger partial charge in [0.2, 0.25) is 0 Å². The van der Waals surface area contributed by atoms with Crippen molar-refractivity contribution in [3.05, 3.63) is 12.4 Å². The Balaban J connectivity index is 1.29. The Labute approximate surface area is 179 Å². The predicted molar refractivity (Wildman–Crippen MR) is 112 cm³/mol. The van der Waals surface area contributed by atoms with Crippen molar-refractivity contribution < 1.29 is 14.6 Å². The molecule has 0 bridgehead atoms. The van der Waals surface area contributed by atoms with Crippen LogP contribution in [-0.2, 0) is 16.1 Å². The first-order valence-corrected chi connectivity index (χ1v) is 12.0. The van der Waals surface area contributed by atoms with Gasteiger partial charge >= 0.3 is 0 Å². The molecule has 1 aromatic heterocycles. The minimum atomic E-state index is -0.614. The molecule has 0 spiro atoms. The topological polar surface area (TPSA) is 77.2 Å². The number of nitrogens with zero attached hydrogens (tertiary/aromatic N) is 3. The van der Waals surface area contributed by atoms with Gasteiger partial charge in [0.15, 0.2) is 5.78 Å². The number of Topliss-reactive ketones (excluding diaryl/α,β-unsaturated/α-hetero) is 1. The minimum absolute atomic E-state index is 0.143. The third kappa shape index (κ3) is 3.35. The lowest BCUT2D eigenvalue weighted by molar-refractivity contribution is -0.137. The lowest BCUT2D eigenvalue weighted by Crippen LogP contribution is -2.52. The van der Waals surface area contributed by atoms with Gasteiger partial charge in [0, 0.05) is 13.0 Å². The highest BCUT2D eigenvalue weighted by Gasteiger charge is 2.59. The van der Waals surface area contributed by atoms with E-state index >= 15 is 0 Å². The van der Waals surface area contributed by atoms with E-state index in [4.69, 9.17) is 4.74 Å². The summed E-state index contributed by atoms with van der Waals surface area (Å²) in [5.74, 6) is 4.12. The monoisotopic (exact) mass is 415 g/mol. The number of aromatic nitrogens is 3. The minimum Gasteiger partial charge on any atom is -0.387 e. The molecule has 0 aliphatic heterocycles. The number of hydrogen-bond acceptors (Lipinski definition) is 5. The summed E-state index contributed by atoms with van der Waals surface area (Å²) in [6, 6.07) is 0. The molecule has 4 aliphatic rings. The second kappa shape index (κ2) is 7.70. The lowest BCUT2D eigenvalue weighted by Gasteiger charge is -2.57. The summed E-state index contributed by atoms with van der Waals surface area (Å²) in [6.45, 7) is 3.20. The van der Waals surface area contributed by atoms with Gasteiger partial charge in [-0.2, -0.15) is 15.0 Å². The first-order chi connectivity index (χ1) is 14.4. The zero-order chi connectivity index (χ0) is 20.9. The van der Waals surface area contributed by atoms with Gasteiger partial charge in [-0.25, -0.2) is 0 Å². The Kier molecular flexibility index (Phi) is 5.29. The number of ether oxygens (including phenoxy) is 1. The van der Waals surface area contributed by atoms with Gasteiger partial charge in [-0.15, -0.1) is 0 Å². The van der Waals surface area contributed by atoms with Gasteiger partial charge in [-0.1, -0.05) is 6.92 Å². The van der Waals surface area contributed by atoms with Gasteiger partial charge in [-0.05, 0) is 92.8 Å². The molecule has 0 amide bonds. The van der Waals surface area contributed by atoms with Crippen molar-refractivity contribution >= 4 is 5.78 Å². The van der Waals surface area contributed by atoms with Crippen LogP contribution in [0.5, 0.6) is 0 Å². The molecule has 3 unspecified atom stereocenters. The average Bonchev–Trinajstić information content (AvgIpc) is 3.34. The molecule has 1 aromatic rings. The van der Waals surface area contributed by atoms with Crippen molar-refractivity contribution in [1.82, 2.24) is 15.0 Å². The van der Waals surface area contributed by atoms with Crippen LogP contribution in [0.3, 0.4) is 0 Å². The Morgan fingerprint density at radius 1 is 1.07 bits per heavy atom. The molecule has 166 valence electrons. The van der Waals surface area contributed by atoms with Crippen molar-refractivity contribution in [1.29, 1.82) is 0 Å². The van der Waals surface area contributed by atoms with Crippen LogP contribution in [0.15, 0.2) is 12.4 Å². The molecule has 1 heterocycles. The lowest BCUT2D eigenvalue weighted by atomic mass is 9.49. The van der Waals surface area contributed by atoms with Gasteiger partial charge < -0.3 is 9.84 Å². The van der Waals surface area contributed by atoms with Gasteiger partial charge in [0.25, 0.3) is 0 Å². The summed E-state index contributed by atoms with van der Waals surface area (Å²) in [4.78, 5) is 14.7. The Morgan fingerprint density at radius 3 is 2.60 bits per heavy atom. The SMILES string of the molecule is COC[C@@]1(O)CCC2C(CCC3[C@@H]2CC[C@]2(C)[C@@H](C(=O)Cn4nccn4)CC[C@@H]32)C1. The van der Waals surface area contributed by atoms with E-state index in [0.29, 0.717) is 30.8 Å². The average molecular weight is 416 g/mol. The zero-order valence-electron chi connectivity index (χ0n) is 18.5. The highest BCUT2D eigenvalue weighted by atomic mass is 16.5. The highest BCUT2D eigenvalue weighted by molar-refractivity contribution is 5.81. The van der Waals surface area contributed by atoms with Crippen LogP contribution < -0.4 is 0 Å². The maximum Gasteiger partial charge on any atom is 0.159 e. The van der Waals surface area contributed by atoms with Crippen molar-refractivity contribution in [3.63, 3.8) is 0 Å². The fourth-order valence-corrected chi connectivity index (χ4v) is 8.47. The standard InChI is InChI=1S/C24H37N3O3/c1-23-9-7-18-17-8-10-24(29,15-30-2)13-16(17)3-4-19(18)20(23)5-6-21(23)22(28)14-27-25-11-12-26-27/h11-12,16-21,29H,3-10,13-15H2,1-2H3/t16?,17?,18-,19?,20+,21-,23+,24-/m1/s1. The second-order valence-corrected chi connectivity index (χ2v) is 11.0. The van der Waals surface area contributed by atoms with E-state index in [9.17, 15) is 9.90 Å². The molecule has 1 N–H and O–H groups in total. The third-order valence-corrected chi connectivity index (χ3v) is 9.67. The number of methoxy groups -OCH3 is 1. The molecule has 0 radical (unpaired) electrons. The predicted octanol–water partition coefficient (Wildman–Crippen LogP) is 3.49. The molecular formula is C24H37N3O3. The van der Waals surface area contributed by atoms with Crippen LogP contribution in [-0.4, -0.2) is 45.2 Å². The smallest absolute Gasteiger partial charge is 0.159 e. The summed E-state index contributed by atoms with van der Waals surface area (Å²) in [6.07, 6.45) is 13.4. The number of carbonyl (C=O) groups is 1. The Morgan fingerprint density at radius 2 is 1.83 bits per heavy atom. The summed E-state index contributed by atoms with van der Waals surface area (Å²) in [7, 11) is 1.70. The molecular weight excluding hydrogens is 378 g/mol. The number of fused-ring (bicyclic) bond motifs is 5. The van der Waals surface area contributed by atoms with Crippen LogP contribution in [0.4, 0.5) is 0 Å². The van der Waals surface area contributed by atoms with Crippen LogP contribution in [0.2, 0.25) is 0 Å². The molecule has 6 heteroatoms. The quantitative estimate of drug-likeness (QED) is 0.796. The van der Waals surface area contributed by atoms with E-state index in [1.807, 2.05) is 0 Å². The molecule has 4 aliphatic carbocycles. The van der Waals surface area contributed by atoms with E-state index in [1.165, 1.54) is 32.1 Å². The fraction of sp³-hybridized carbons (Fsp3) is 0.875.